The first-order chi connectivity index (χ1) is 37.1. The van der Waals surface area contributed by atoms with E-state index in [-0.39, 0.29) is 29.3 Å². The lowest BCUT2D eigenvalue weighted by atomic mass is 9.85. The van der Waals surface area contributed by atoms with E-state index in [0.29, 0.717) is 40.3 Å². The summed E-state index contributed by atoms with van der Waals surface area (Å²) < 4.78 is 21.1. The summed E-state index contributed by atoms with van der Waals surface area (Å²) in [5, 5.41) is 56.2. The average molecular weight is 1150 g/mol. The van der Waals surface area contributed by atoms with E-state index >= 15 is 4.21 Å². The number of hydrogen-bond acceptors (Lipinski definition) is 19. The third kappa shape index (κ3) is 15.8. The molecule has 3 aliphatic heterocycles. The highest BCUT2D eigenvalue weighted by Gasteiger charge is 2.45. The second-order valence-electron chi connectivity index (χ2n) is 19.5. The Morgan fingerprint density at radius 3 is 2.35 bits per heavy atom. The van der Waals surface area contributed by atoms with E-state index < -0.39 is 186 Å². The summed E-state index contributed by atoms with van der Waals surface area (Å²) in [5.74, 6) is -12.9. The van der Waals surface area contributed by atoms with Gasteiger partial charge in [-0.1, -0.05) is 38.0 Å². The summed E-state index contributed by atoms with van der Waals surface area (Å²) in [7, 11) is 0.431. The third-order valence-corrected chi connectivity index (χ3v) is 17.6. The van der Waals surface area contributed by atoms with Crippen molar-refractivity contribution in [1.82, 2.24) is 41.5 Å². The van der Waals surface area contributed by atoms with Crippen molar-refractivity contribution in [1.29, 1.82) is 0 Å². The number of nitrogens with zero attached hydrogens (tertiary/aromatic N) is 3. The van der Waals surface area contributed by atoms with Crippen LogP contribution < -0.4 is 37.1 Å². The van der Waals surface area contributed by atoms with Gasteiger partial charge in [0.2, 0.25) is 41.4 Å². The van der Waals surface area contributed by atoms with Crippen LogP contribution in [0.2, 0.25) is 0 Å². The maximum Gasteiger partial charge on any atom is 0.287 e. The van der Waals surface area contributed by atoms with E-state index in [1.807, 2.05) is 0 Å². The van der Waals surface area contributed by atoms with Crippen LogP contribution in [0.3, 0.4) is 0 Å². The lowest BCUT2D eigenvalue weighted by molar-refractivity contribution is -0.385. The Hall–Kier alpha value is -6.53. The highest BCUT2D eigenvalue weighted by atomic mass is 33.1. The molecule has 0 radical (unpaired) electrons. The number of Topliss-reactive ketones (excluding diaryl/α,β-unsaturated/α-hetero) is 2. The van der Waals surface area contributed by atoms with E-state index in [4.69, 9.17) is 10.5 Å². The molecule has 0 spiro atoms. The number of H-pyrrole nitrogens is 1. The summed E-state index contributed by atoms with van der Waals surface area (Å²) >= 11 is 0. The number of fused-ring (bicyclic) bond motifs is 5. The fraction of sp³-hybridized carbons (Fsp3) is 0.551. The molecule has 1 saturated heterocycles. The maximum atomic E-state index is 15.0. The standard InChI is InChI=1S/C49H64N10O16S3/c1-4-24(2)43-47(70)53-19-40(66)54-34-23-78(74)48-32(31-8-7-30(17-33(31)55-48)75-10-5-11-76-77-42-9-6-28(18-51-42)59(72)73)12-26(45(68)52-20-41(67)56-43)13-37(63)44(25(3)38(64)22-60)57-46(69)35-16-29(61)21-58(35)49(71)27(14-36(34)62)15-39(50)65/h6-9,17-18,24-27,29,34-35,38,43-44,55,60-61,64H,4-5,10-16,19-23H2,1-3H3,(H2,50,65)(H,52,68)(H,53,70)(H,54,66)(H,56,67)(H,57,69)/t24-,25-,26-,27-,29+,34-,35-,38-,43-,44-,78?/m0/s1. The number of carbonyl (C=O) groups is 9. The Morgan fingerprint density at radius 2 is 1.68 bits per heavy atom. The predicted molar refractivity (Wildman–Crippen MR) is 282 cm³/mol. The van der Waals surface area contributed by atoms with Crippen molar-refractivity contribution in [2.24, 2.45) is 29.4 Å². The first kappa shape index (κ1) is 60.7. The van der Waals surface area contributed by atoms with Gasteiger partial charge in [0.25, 0.3) is 5.69 Å². The molecule has 1 unspecified atom stereocenters. The Labute approximate surface area is 457 Å². The van der Waals surface area contributed by atoms with Gasteiger partial charge in [-0.15, -0.1) is 0 Å². The molecule has 0 saturated carbocycles. The quantitative estimate of drug-likeness (QED) is 0.0380. The number of carbonyl (C=O) groups excluding carboxylic acids is 9. The summed E-state index contributed by atoms with van der Waals surface area (Å²) in [6.07, 6.45) is -3.95. The normalized spacial score (nSPS) is 25.6. The van der Waals surface area contributed by atoms with E-state index in [1.165, 1.54) is 40.8 Å². The summed E-state index contributed by atoms with van der Waals surface area (Å²) in [6, 6.07) is 1.56. The number of ether oxygens (including phenoxy) is 1. The zero-order valence-electron chi connectivity index (χ0n) is 42.9. The van der Waals surface area contributed by atoms with Crippen LogP contribution in [0.1, 0.15) is 64.9 Å². The van der Waals surface area contributed by atoms with Crippen LogP contribution in [-0.4, -0.2) is 173 Å². The second kappa shape index (κ2) is 27.9. The van der Waals surface area contributed by atoms with Crippen LogP contribution in [0.25, 0.3) is 10.9 Å². The molecule has 0 aliphatic carbocycles. The number of nitrogens with one attached hydrogen (secondary N) is 6. The van der Waals surface area contributed by atoms with E-state index in [1.54, 1.807) is 38.1 Å². The number of rotatable bonds is 15. The van der Waals surface area contributed by atoms with Gasteiger partial charge in [0, 0.05) is 67.3 Å². The molecule has 78 heavy (non-hydrogen) atoms. The van der Waals surface area contributed by atoms with Crippen LogP contribution in [0, 0.1) is 33.8 Å². The van der Waals surface area contributed by atoms with Gasteiger partial charge in [0.1, 0.15) is 34.1 Å². The molecule has 3 aliphatic rings. The van der Waals surface area contributed by atoms with Crippen LogP contribution in [0.4, 0.5) is 5.69 Å². The highest BCUT2D eigenvalue weighted by molar-refractivity contribution is 8.76. The second-order valence-corrected chi connectivity index (χ2v) is 23.3. The van der Waals surface area contributed by atoms with E-state index in [9.17, 15) is 68.6 Å². The molecule has 26 nitrogen and oxygen atoms in total. The highest BCUT2D eigenvalue weighted by Crippen LogP contribution is 2.34. The van der Waals surface area contributed by atoms with Crippen molar-refractivity contribution >= 4 is 102 Å². The number of nitro groups is 1. The predicted octanol–water partition coefficient (Wildman–Crippen LogP) is -0.932. The molecule has 29 heteroatoms. The van der Waals surface area contributed by atoms with Crippen molar-refractivity contribution in [3.63, 3.8) is 0 Å². The van der Waals surface area contributed by atoms with Gasteiger partial charge in [-0.3, -0.25) is 57.5 Å². The number of primary amides is 1. The molecule has 3 aromatic rings. The first-order valence-electron chi connectivity index (χ1n) is 25.2. The molecule has 2 bridgehead atoms. The van der Waals surface area contributed by atoms with Crippen molar-refractivity contribution in [2.45, 2.75) is 112 Å². The van der Waals surface area contributed by atoms with Crippen LogP contribution in [0.15, 0.2) is 46.6 Å². The van der Waals surface area contributed by atoms with Crippen molar-refractivity contribution < 1.29 is 72.3 Å². The molecule has 11 atom stereocenters. The monoisotopic (exact) mass is 1140 g/mol. The molecule has 424 valence electrons. The summed E-state index contributed by atoms with van der Waals surface area (Å²) in [5.41, 5.74) is 5.96. The summed E-state index contributed by atoms with van der Waals surface area (Å²) in [6.45, 7) is 2.18. The van der Waals surface area contributed by atoms with Gasteiger partial charge in [-0.2, -0.15) is 0 Å². The van der Waals surface area contributed by atoms with Gasteiger partial charge in [0.05, 0.1) is 83.5 Å². The minimum atomic E-state index is -2.35. The van der Waals surface area contributed by atoms with Gasteiger partial charge >= 0.3 is 0 Å². The molecule has 6 rings (SSSR count). The zero-order valence-corrected chi connectivity index (χ0v) is 45.4. The van der Waals surface area contributed by atoms with Gasteiger partial charge < -0.3 is 62.3 Å². The number of hydrogen-bond donors (Lipinski definition) is 10. The minimum absolute atomic E-state index is 0.0787. The van der Waals surface area contributed by atoms with Gasteiger partial charge in [-0.05, 0) is 53.3 Å². The van der Waals surface area contributed by atoms with E-state index in [0.717, 1.165) is 4.90 Å². The molecule has 2 aromatic heterocycles. The fourth-order valence-electron chi connectivity index (χ4n) is 9.28. The summed E-state index contributed by atoms with van der Waals surface area (Å²) in [4.78, 5) is 145. The molecule has 11 N–H and O–H groups in total. The number of aromatic amines is 1. The molecular weight excluding hydrogens is 1080 g/mol. The Morgan fingerprint density at radius 1 is 0.962 bits per heavy atom. The van der Waals surface area contributed by atoms with Crippen LogP contribution >= 0.6 is 21.6 Å². The number of aliphatic hydroxyl groups is 3. The number of aliphatic hydroxyl groups excluding tert-OH is 3. The van der Waals surface area contributed by atoms with Gasteiger partial charge in [0.15, 0.2) is 11.6 Å². The van der Waals surface area contributed by atoms with Crippen molar-refractivity contribution in [2.75, 3.05) is 44.4 Å². The van der Waals surface area contributed by atoms with E-state index in [2.05, 4.69) is 36.6 Å². The number of pyridine rings is 1. The number of ketones is 2. The topological polar surface area (TPSA) is 402 Å². The lowest BCUT2D eigenvalue weighted by Gasteiger charge is -2.32. The minimum Gasteiger partial charge on any atom is -0.493 e. The SMILES string of the molecule is CC[C@H](C)[C@@H]1NC(=O)CNC(=O)[C@@H]2CC(=O)[C@H]([C@@H](C)[C@@H](O)CO)NC(=O)[C@@H]3C[C@@H](O)CN3C(=O)[C@H](CC(N)=O)CC(=O)[C@H](CS(=O)c3[nH]c4cc(OCCCSSc5ccc([N+](=O)[O-])cn5)ccc4c3C2)NC(=O)CNC1=O. The molecule has 5 heterocycles. The fourth-order valence-corrected chi connectivity index (χ4v) is 12.6. The Bertz CT molecular complexity index is 2780. The number of amides is 7. The lowest BCUT2D eigenvalue weighted by Crippen LogP contribution is -2.56. The molecule has 7 amide bonds. The molecule has 1 fully saturated rings. The van der Waals surface area contributed by atoms with Crippen LogP contribution in [0.5, 0.6) is 5.75 Å². The first-order valence-corrected chi connectivity index (χ1v) is 28.8. The Kier molecular flexibility index (Phi) is 21.7. The van der Waals surface area contributed by atoms with Crippen LogP contribution in [-0.2, 0) is 60.4 Å². The van der Waals surface area contributed by atoms with Gasteiger partial charge in [-0.25, -0.2) is 4.98 Å². The van der Waals surface area contributed by atoms with Crippen molar-refractivity contribution in [3.05, 3.63) is 52.2 Å². The number of benzene rings is 1. The number of nitrogens with two attached hydrogens (primary N) is 1. The number of aromatic nitrogens is 2. The van der Waals surface area contributed by atoms with Crippen molar-refractivity contribution in [3.8, 4) is 5.75 Å². The maximum absolute atomic E-state index is 15.0. The smallest absolute Gasteiger partial charge is 0.287 e. The third-order valence-electron chi connectivity index (χ3n) is 13.8. The largest absolute Gasteiger partial charge is 0.493 e. The zero-order chi connectivity index (χ0) is 57.0. The molecule has 1 aromatic carbocycles. The average Bonchev–Trinajstić information content (AvgIpc) is 4.02. The Balaban J connectivity index is 1.44. The molecular formula is C49H64N10O16S3.